The van der Waals surface area contributed by atoms with Gasteiger partial charge in [-0.05, 0) is 18.6 Å². The lowest BCUT2D eigenvalue weighted by atomic mass is 9.88. The molecule has 2 heterocycles. The number of nitrogens with one attached hydrogen (secondary N) is 1. The molecule has 2 aliphatic rings. The first-order chi connectivity index (χ1) is 11.6. The van der Waals surface area contributed by atoms with E-state index in [1.54, 1.807) is 12.1 Å². The number of benzene rings is 2. The van der Waals surface area contributed by atoms with Crippen LogP contribution in [0.15, 0.2) is 42.5 Å². The molecule has 0 radical (unpaired) electrons. The van der Waals surface area contributed by atoms with Crippen molar-refractivity contribution < 1.29 is 9.66 Å². The zero-order chi connectivity index (χ0) is 16.7. The maximum absolute atomic E-state index is 11.1. The number of hydrogen-bond acceptors (Lipinski definition) is 5. The van der Waals surface area contributed by atoms with Gasteiger partial charge in [0.05, 0.1) is 4.92 Å². The molecule has 0 amide bonds. The van der Waals surface area contributed by atoms with E-state index in [9.17, 15) is 10.1 Å². The van der Waals surface area contributed by atoms with Crippen LogP contribution in [0.3, 0.4) is 0 Å². The standard InChI is InChI=1S/C18H19N3O3/c1-18(20-10-8-19-9-11-20)16-5-3-2-4-14(16)15-12-13(21(22)23)6-7-17(15)24-18/h2-7,12,19H,8-11H2,1H3. The molecule has 2 aromatic carbocycles. The highest BCUT2D eigenvalue weighted by Gasteiger charge is 2.42. The summed E-state index contributed by atoms with van der Waals surface area (Å²) in [6, 6.07) is 12.8. The highest BCUT2D eigenvalue weighted by Crippen LogP contribution is 2.47. The van der Waals surface area contributed by atoms with E-state index >= 15 is 0 Å². The second-order valence-corrected chi connectivity index (χ2v) is 6.31. The van der Waals surface area contributed by atoms with Crippen molar-refractivity contribution in [3.8, 4) is 16.9 Å². The van der Waals surface area contributed by atoms with E-state index in [0.717, 1.165) is 42.9 Å². The van der Waals surface area contributed by atoms with Crippen molar-refractivity contribution in [3.63, 3.8) is 0 Å². The average molecular weight is 325 g/mol. The predicted octanol–water partition coefficient (Wildman–Crippen LogP) is 2.73. The Kier molecular flexibility index (Phi) is 3.51. The molecule has 0 bridgehead atoms. The molecule has 6 heteroatoms. The second kappa shape index (κ2) is 5.58. The third-order valence-corrected chi connectivity index (χ3v) is 4.92. The molecule has 4 rings (SSSR count). The fourth-order valence-corrected chi connectivity index (χ4v) is 3.65. The highest BCUT2D eigenvalue weighted by molar-refractivity contribution is 5.78. The predicted molar refractivity (Wildman–Crippen MR) is 91.0 cm³/mol. The van der Waals surface area contributed by atoms with Crippen molar-refractivity contribution in [2.24, 2.45) is 0 Å². The van der Waals surface area contributed by atoms with E-state index in [-0.39, 0.29) is 10.6 Å². The summed E-state index contributed by atoms with van der Waals surface area (Å²) in [5, 5.41) is 14.5. The minimum Gasteiger partial charge on any atom is -0.468 e. The van der Waals surface area contributed by atoms with E-state index in [0.29, 0.717) is 5.75 Å². The first-order valence-corrected chi connectivity index (χ1v) is 8.13. The van der Waals surface area contributed by atoms with Gasteiger partial charge in [0.25, 0.3) is 5.69 Å². The van der Waals surface area contributed by atoms with Crippen LogP contribution in [-0.4, -0.2) is 36.0 Å². The van der Waals surface area contributed by atoms with Gasteiger partial charge in [-0.1, -0.05) is 24.3 Å². The molecule has 1 unspecified atom stereocenters. The summed E-state index contributed by atoms with van der Waals surface area (Å²) in [7, 11) is 0. The topological polar surface area (TPSA) is 67.6 Å². The van der Waals surface area contributed by atoms with Crippen LogP contribution in [0.4, 0.5) is 5.69 Å². The zero-order valence-corrected chi connectivity index (χ0v) is 13.5. The number of nitro groups is 1. The van der Waals surface area contributed by atoms with Crippen molar-refractivity contribution >= 4 is 5.69 Å². The third kappa shape index (κ3) is 2.26. The van der Waals surface area contributed by atoms with Crippen molar-refractivity contribution in [2.45, 2.75) is 12.6 Å². The normalized spacial score (nSPS) is 23.0. The molecule has 0 spiro atoms. The first-order valence-electron chi connectivity index (χ1n) is 8.13. The number of nitro benzene ring substituents is 1. The van der Waals surface area contributed by atoms with Crippen LogP contribution in [0.5, 0.6) is 5.75 Å². The van der Waals surface area contributed by atoms with Gasteiger partial charge in [0.2, 0.25) is 0 Å². The van der Waals surface area contributed by atoms with E-state index in [1.807, 2.05) is 18.2 Å². The molecule has 124 valence electrons. The van der Waals surface area contributed by atoms with Crippen molar-refractivity contribution in [3.05, 3.63) is 58.1 Å². The fraction of sp³-hybridized carbons (Fsp3) is 0.333. The third-order valence-electron chi connectivity index (χ3n) is 4.92. The van der Waals surface area contributed by atoms with E-state index in [1.165, 1.54) is 6.07 Å². The minimum atomic E-state index is -0.568. The van der Waals surface area contributed by atoms with Gasteiger partial charge < -0.3 is 10.1 Å². The van der Waals surface area contributed by atoms with Gasteiger partial charge in [0.15, 0.2) is 5.72 Å². The van der Waals surface area contributed by atoms with Gasteiger partial charge in [-0.25, -0.2) is 0 Å². The maximum atomic E-state index is 11.1. The summed E-state index contributed by atoms with van der Waals surface area (Å²) < 4.78 is 6.40. The number of hydrogen-bond donors (Lipinski definition) is 1. The molecule has 1 saturated heterocycles. The van der Waals surface area contributed by atoms with Crippen LogP contribution >= 0.6 is 0 Å². The zero-order valence-electron chi connectivity index (χ0n) is 13.5. The Morgan fingerprint density at radius 2 is 1.92 bits per heavy atom. The monoisotopic (exact) mass is 325 g/mol. The molecule has 0 saturated carbocycles. The number of non-ortho nitro benzene ring substituents is 1. The summed E-state index contributed by atoms with van der Waals surface area (Å²) in [6.07, 6.45) is 0. The number of ether oxygens (including phenoxy) is 1. The quantitative estimate of drug-likeness (QED) is 0.679. The molecule has 0 aliphatic carbocycles. The summed E-state index contributed by atoms with van der Waals surface area (Å²) in [6.45, 7) is 5.73. The molecular formula is C18H19N3O3. The van der Waals surface area contributed by atoms with Crippen LogP contribution in [0, 0.1) is 10.1 Å². The smallest absolute Gasteiger partial charge is 0.270 e. The largest absolute Gasteiger partial charge is 0.468 e. The molecular weight excluding hydrogens is 306 g/mol. The SMILES string of the molecule is CC1(N2CCNCC2)Oc2ccc([N+](=O)[O-])cc2-c2ccccc21. The van der Waals surface area contributed by atoms with E-state index < -0.39 is 5.72 Å². The fourth-order valence-electron chi connectivity index (χ4n) is 3.65. The molecule has 0 aromatic heterocycles. The molecule has 1 fully saturated rings. The Bertz CT molecular complexity index is 802. The lowest BCUT2D eigenvalue weighted by Crippen LogP contribution is -2.56. The minimum absolute atomic E-state index is 0.0814. The Balaban J connectivity index is 1.86. The van der Waals surface area contributed by atoms with E-state index in [4.69, 9.17) is 4.74 Å². The summed E-state index contributed by atoms with van der Waals surface area (Å²) in [4.78, 5) is 13.1. The number of fused-ring (bicyclic) bond motifs is 3. The van der Waals surface area contributed by atoms with E-state index in [2.05, 4.69) is 23.2 Å². The van der Waals surface area contributed by atoms with Crippen molar-refractivity contribution in [2.75, 3.05) is 26.2 Å². The summed E-state index contributed by atoms with van der Waals surface area (Å²) >= 11 is 0. The van der Waals surface area contributed by atoms with Crippen molar-refractivity contribution in [1.29, 1.82) is 0 Å². The molecule has 2 aliphatic heterocycles. The summed E-state index contributed by atoms with van der Waals surface area (Å²) in [5.41, 5.74) is 2.36. The lowest BCUT2D eigenvalue weighted by molar-refractivity contribution is -0.384. The highest BCUT2D eigenvalue weighted by atomic mass is 16.6. The van der Waals surface area contributed by atoms with Crippen LogP contribution in [0.1, 0.15) is 12.5 Å². The first kappa shape index (κ1) is 15.1. The number of rotatable bonds is 2. The van der Waals surface area contributed by atoms with Gasteiger partial charge in [0.1, 0.15) is 5.75 Å². The maximum Gasteiger partial charge on any atom is 0.270 e. The molecule has 1 N–H and O–H groups in total. The Labute approximate surface area is 140 Å². The average Bonchev–Trinajstić information content (AvgIpc) is 2.62. The van der Waals surface area contributed by atoms with Crippen LogP contribution in [0.25, 0.3) is 11.1 Å². The Hall–Kier alpha value is -2.44. The number of nitrogens with zero attached hydrogens (tertiary/aromatic N) is 2. The lowest BCUT2D eigenvalue weighted by Gasteiger charge is -2.46. The van der Waals surface area contributed by atoms with Crippen LogP contribution < -0.4 is 10.1 Å². The number of piperazine rings is 1. The molecule has 2 aromatic rings. The van der Waals surface area contributed by atoms with Crippen LogP contribution in [-0.2, 0) is 5.72 Å². The van der Waals surface area contributed by atoms with Gasteiger partial charge in [0, 0.05) is 49.4 Å². The molecule has 6 nitrogen and oxygen atoms in total. The molecule has 1 atom stereocenters. The Morgan fingerprint density at radius 1 is 1.17 bits per heavy atom. The second-order valence-electron chi connectivity index (χ2n) is 6.31. The van der Waals surface area contributed by atoms with Crippen molar-refractivity contribution in [1.82, 2.24) is 10.2 Å². The van der Waals surface area contributed by atoms with Gasteiger partial charge in [-0.15, -0.1) is 0 Å². The van der Waals surface area contributed by atoms with Gasteiger partial charge >= 0.3 is 0 Å². The summed E-state index contributed by atoms with van der Waals surface area (Å²) in [5.74, 6) is 0.695. The van der Waals surface area contributed by atoms with Gasteiger partial charge in [-0.3, -0.25) is 15.0 Å². The Morgan fingerprint density at radius 3 is 2.67 bits per heavy atom. The molecule has 24 heavy (non-hydrogen) atoms. The van der Waals surface area contributed by atoms with Gasteiger partial charge in [-0.2, -0.15) is 0 Å². The van der Waals surface area contributed by atoms with Crippen LogP contribution in [0.2, 0.25) is 0 Å².